The standard InChI is InChI=1S/C12H15BrN2O2/c1-14-7-6-9-8-17-12(16)15(9)11-5-3-2-4-10(11)13/h2-5,9,14H,6-8H2,1H3. The number of anilines is 1. The molecule has 1 aromatic carbocycles. The summed E-state index contributed by atoms with van der Waals surface area (Å²) >= 11 is 3.46. The Balaban J connectivity index is 2.22. The van der Waals surface area contributed by atoms with Crippen LogP contribution in [0, 0.1) is 0 Å². The molecule has 0 spiro atoms. The number of carbonyl (C=O) groups excluding carboxylic acids is 1. The minimum Gasteiger partial charge on any atom is -0.447 e. The molecule has 1 aliphatic heterocycles. The number of ether oxygens (including phenoxy) is 1. The zero-order chi connectivity index (χ0) is 12.3. The second-order valence-corrected chi connectivity index (χ2v) is 4.80. The summed E-state index contributed by atoms with van der Waals surface area (Å²) in [5.41, 5.74) is 0.871. The van der Waals surface area contributed by atoms with Crippen LogP contribution in [0.25, 0.3) is 0 Å². The van der Waals surface area contributed by atoms with Gasteiger partial charge in [-0.25, -0.2) is 4.79 Å². The highest BCUT2D eigenvalue weighted by Crippen LogP contribution is 2.31. The zero-order valence-electron chi connectivity index (χ0n) is 9.65. The number of hydrogen-bond acceptors (Lipinski definition) is 3. The van der Waals surface area contributed by atoms with Gasteiger partial charge in [-0.1, -0.05) is 12.1 Å². The molecule has 17 heavy (non-hydrogen) atoms. The molecule has 1 aromatic rings. The Morgan fingerprint density at radius 3 is 3.00 bits per heavy atom. The summed E-state index contributed by atoms with van der Waals surface area (Å²) in [4.78, 5) is 13.5. The molecule has 1 fully saturated rings. The lowest BCUT2D eigenvalue weighted by molar-refractivity contribution is 0.178. The van der Waals surface area contributed by atoms with Crippen molar-refractivity contribution in [2.75, 3.05) is 25.1 Å². The van der Waals surface area contributed by atoms with Gasteiger partial charge in [-0.15, -0.1) is 0 Å². The van der Waals surface area contributed by atoms with E-state index in [2.05, 4.69) is 21.2 Å². The van der Waals surface area contributed by atoms with Crippen LogP contribution in [-0.4, -0.2) is 32.3 Å². The predicted octanol–water partition coefficient (Wildman–Crippen LogP) is 2.38. The van der Waals surface area contributed by atoms with Gasteiger partial charge in [-0.3, -0.25) is 4.90 Å². The first-order valence-corrected chi connectivity index (χ1v) is 6.38. The van der Waals surface area contributed by atoms with Crippen molar-refractivity contribution in [1.29, 1.82) is 0 Å². The first-order valence-electron chi connectivity index (χ1n) is 5.59. The third-order valence-corrected chi connectivity index (χ3v) is 3.47. The highest BCUT2D eigenvalue weighted by Gasteiger charge is 2.34. The topological polar surface area (TPSA) is 41.6 Å². The number of hydrogen-bond donors (Lipinski definition) is 1. The number of carbonyl (C=O) groups is 1. The Morgan fingerprint density at radius 2 is 2.29 bits per heavy atom. The van der Waals surface area contributed by atoms with Crippen molar-refractivity contribution in [2.45, 2.75) is 12.5 Å². The monoisotopic (exact) mass is 298 g/mol. The number of nitrogens with zero attached hydrogens (tertiary/aromatic N) is 1. The van der Waals surface area contributed by atoms with E-state index in [1.807, 2.05) is 31.3 Å². The van der Waals surface area contributed by atoms with Gasteiger partial charge in [-0.2, -0.15) is 0 Å². The lowest BCUT2D eigenvalue weighted by Gasteiger charge is -2.22. The zero-order valence-corrected chi connectivity index (χ0v) is 11.2. The average molecular weight is 299 g/mol. The number of rotatable bonds is 4. The van der Waals surface area contributed by atoms with E-state index in [-0.39, 0.29) is 12.1 Å². The molecule has 1 aliphatic rings. The molecule has 2 rings (SSSR count). The van der Waals surface area contributed by atoms with Crippen molar-refractivity contribution < 1.29 is 9.53 Å². The average Bonchev–Trinajstić information content (AvgIpc) is 2.69. The molecular weight excluding hydrogens is 284 g/mol. The van der Waals surface area contributed by atoms with Crippen molar-refractivity contribution in [3.8, 4) is 0 Å². The Morgan fingerprint density at radius 1 is 1.53 bits per heavy atom. The number of benzene rings is 1. The fourth-order valence-electron chi connectivity index (χ4n) is 1.93. The molecule has 0 saturated carbocycles. The van der Waals surface area contributed by atoms with Gasteiger partial charge in [0.15, 0.2) is 0 Å². The maximum atomic E-state index is 11.8. The van der Waals surface area contributed by atoms with Gasteiger partial charge in [0.2, 0.25) is 0 Å². The van der Waals surface area contributed by atoms with Gasteiger partial charge in [0.1, 0.15) is 6.61 Å². The van der Waals surface area contributed by atoms with Gasteiger partial charge >= 0.3 is 6.09 Å². The minimum absolute atomic E-state index is 0.105. The van der Waals surface area contributed by atoms with Crippen molar-refractivity contribution in [2.24, 2.45) is 0 Å². The predicted molar refractivity (Wildman–Crippen MR) is 70.3 cm³/mol. The summed E-state index contributed by atoms with van der Waals surface area (Å²) in [6.45, 7) is 1.32. The number of nitrogens with one attached hydrogen (secondary N) is 1. The summed E-state index contributed by atoms with van der Waals surface area (Å²) in [6, 6.07) is 7.80. The van der Waals surface area contributed by atoms with Gasteiger partial charge in [0, 0.05) is 4.47 Å². The van der Waals surface area contributed by atoms with Crippen LogP contribution in [-0.2, 0) is 4.74 Å². The maximum Gasteiger partial charge on any atom is 0.414 e. The van der Waals surface area contributed by atoms with Crippen LogP contribution in [0.1, 0.15) is 6.42 Å². The molecule has 1 heterocycles. The Labute approximate surface area is 109 Å². The number of cyclic esters (lactones) is 1. The first kappa shape index (κ1) is 12.4. The van der Waals surface area contributed by atoms with Crippen molar-refractivity contribution >= 4 is 27.7 Å². The van der Waals surface area contributed by atoms with Crippen LogP contribution in [0.3, 0.4) is 0 Å². The molecule has 1 N–H and O–H groups in total. The summed E-state index contributed by atoms with van der Waals surface area (Å²) in [6.07, 6.45) is 0.613. The number of halogens is 1. The van der Waals surface area contributed by atoms with E-state index in [0.29, 0.717) is 6.61 Å². The molecule has 1 amide bonds. The molecule has 4 nitrogen and oxygen atoms in total. The van der Waals surface area contributed by atoms with Crippen LogP contribution in [0.4, 0.5) is 10.5 Å². The van der Waals surface area contributed by atoms with Crippen molar-refractivity contribution in [3.63, 3.8) is 0 Å². The third kappa shape index (κ3) is 2.61. The second kappa shape index (κ2) is 5.51. The second-order valence-electron chi connectivity index (χ2n) is 3.94. The van der Waals surface area contributed by atoms with E-state index in [1.165, 1.54) is 0 Å². The van der Waals surface area contributed by atoms with Crippen molar-refractivity contribution in [1.82, 2.24) is 5.32 Å². The molecule has 1 unspecified atom stereocenters. The third-order valence-electron chi connectivity index (χ3n) is 2.80. The fraction of sp³-hybridized carbons (Fsp3) is 0.417. The number of para-hydroxylation sites is 1. The van der Waals surface area contributed by atoms with Crippen LogP contribution < -0.4 is 10.2 Å². The van der Waals surface area contributed by atoms with Crippen LogP contribution in [0.5, 0.6) is 0 Å². The normalized spacial score (nSPS) is 19.5. The lowest BCUT2D eigenvalue weighted by atomic mass is 10.2. The van der Waals surface area contributed by atoms with E-state index in [4.69, 9.17) is 4.74 Å². The van der Waals surface area contributed by atoms with Gasteiger partial charge in [-0.05, 0) is 48.1 Å². The highest BCUT2D eigenvalue weighted by molar-refractivity contribution is 9.10. The Kier molecular flexibility index (Phi) is 4.02. The largest absolute Gasteiger partial charge is 0.447 e. The first-order chi connectivity index (χ1) is 8.24. The number of amides is 1. The van der Waals surface area contributed by atoms with Crippen LogP contribution in [0.2, 0.25) is 0 Å². The van der Waals surface area contributed by atoms with Crippen LogP contribution >= 0.6 is 15.9 Å². The van der Waals surface area contributed by atoms with E-state index in [0.717, 1.165) is 23.1 Å². The molecule has 1 saturated heterocycles. The molecule has 5 heteroatoms. The van der Waals surface area contributed by atoms with Gasteiger partial charge in [0.25, 0.3) is 0 Å². The van der Waals surface area contributed by atoms with E-state index in [1.54, 1.807) is 4.90 Å². The summed E-state index contributed by atoms with van der Waals surface area (Å²) < 4.78 is 6.03. The highest BCUT2D eigenvalue weighted by atomic mass is 79.9. The summed E-state index contributed by atoms with van der Waals surface area (Å²) in [7, 11) is 1.90. The smallest absolute Gasteiger partial charge is 0.414 e. The Bertz CT molecular complexity index is 411. The van der Waals surface area contributed by atoms with Crippen LogP contribution in [0.15, 0.2) is 28.7 Å². The molecule has 1 atom stereocenters. The van der Waals surface area contributed by atoms with Gasteiger partial charge in [0.05, 0.1) is 11.7 Å². The maximum absolute atomic E-state index is 11.8. The molecule has 0 aromatic heterocycles. The summed E-state index contributed by atoms with van der Waals surface area (Å²) in [5, 5.41) is 3.09. The van der Waals surface area contributed by atoms with E-state index in [9.17, 15) is 4.79 Å². The van der Waals surface area contributed by atoms with E-state index >= 15 is 0 Å². The van der Waals surface area contributed by atoms with E-state index < -0.39 is 0 Å². The molecule has 0 aliphatic carbocycles. The SMILES string of the molecule is CNCCC1COC(=O)N1c1ccccc1Br. The molecular formula is C12H15BrN2O2. The molecule has 0 radical (unpaired) electrons. The Hall–Kier alpha value is -1.07. The minimum atomic E-state index is -0.266. The molecule has 92 valence electrons. The summed E-state index contributed by atoms with van der Waals surface area (Å²) in [5.74, 6) is 0. The lowest BCUT2D eigenvalue weighted by Crippen LogP contribution is -2.35. The fourth-order valence-corrected chi connectivity index (χ4v) is 2.40. The molecule has 0 bridgehead atoms. The quantitative estimate of drug-likeness (QED) is 0.928. The van der Waals surface area contributed by atoms with Crippen molar-refractivity contribution in [3.05, 3.63) is 28.7 Å². The van der Waals surface area contributed by atoms with Gasteiger partial charge < -0.3 is 10.1 Å².